The van der Waals surface area contributed by atoms with Crippen LogP contribution in [-0.2, 0) is 0 Å². The van der Waals surface area contributed by atoms with Crippen molar-refractivity contribution in [3.05, 3.63) is 28.8 Å². The smallest absolute Gasteiger partial charge is 0.153 e. The van der Waals surface area contributed by atoms with Gasteiger partial charge in [0, 0.05) is 18.8 Å². The van der Waals surface area contributed by atoms with Crippen molar-refractivity contribution in [3.63, 3.8) is 0 Å². The van der Waals surface area contributed by atoms with Gasteiger partial charge in [0.15, 0.2) is 6.29 Å². The van der Waals surface area contributed by atoms with Crippen LogP contribution in [0.5, 0.6) is 0 Å². The number of aliphatic hydroxyl groups is 1. The van der Waals surface area contributed by atoms with Gasteiger partial charge in [-0.3, -0.25) is 4.79 Å². The third-order valence-electron chi connectivity index (χ3n) is 2.55. The van der Waals surface area contributed by atoms with Gasteiger partial charge >= 0.3 is 0 Å². The molecule has 0 atom stereocenters. The zero-order valence-corrected chi connectivity index (χ0v) is 9.16. The summed E-state index contributed by atoms with van der Waals surface area (Å²) in [5.74, 6) is 0. The first-order valence-corrected chi connectivity index (χ1v) is 5.12. The lowest BCUT2D eigenvalue weighted by Gasteiger charge is -2.46. The van der Waals surface area contributed by atoms with Gasteiger partial charge in [0.05, 0.1) is 16.2 Å². The highest BCUT2D eigenvalue weighted by atomic mass is 35.5. The average molecular weight is 226 g/mol. The Morgan fingerprint density at radius 1 is 1.53 bits per heavy atom. The molecule has 0 aromatic heterocycles. The van der Waals surface area contributed by atoms with Gasteiger partial charge in [0.2, 0.25) is 0 Å². The molecule has 0 spiro atoms. The number of carbonyl (C=O) groups is 1. The molecule has 0 saturated carbocycles. The highest BCUT2D eigenvalue weighted by Gasteiger charge is 2.37. The highest BCUT2D eigenvalue weighted by molar-refractivity contribution is 6.33. The molecule has 1 N–H and O–H groups in total. The monoisotopic (exact) mass is 225 g/mol. The SMILES string of the molecule is CC1(O)CN(c2cccc(Cl)c2C=O)C1. The van der Waals surface area contributed by atoms with Crippen molar-refractivity contribution >= 4 is 23.6 Å². The zero-order valence-electron chi connectivity index (χ0n) is 8.40. The minimum absolute atomic E-state index is 0.453. The lowest BCUT2D eigenvalue weighted by atomic mass is 9.95. The van der Waals surface area contributed by atoms with E-state index in [-0.39, 0.29) is 0 Å². The number of hydrogen-bond donors (Lipinski definition) is 1. The third-order valence-corrected chi connectivity index (χ3v) is 2.88. The Bertz CT molecular complexity index is 396. The molecule has 1 heterocycles. The topological polar surface area (TPSA) is 40.5 Å². The van der Waals surface area contributed by atoms with Crippen LogP contribution >= 0.6 is 11.6 Å². The van der Waals surface area contributed by atoms with Gasteiger partial charge in [-0.15, -0.1) is 0 Å². The van der Waals surface area contributed by atoms with E-state index < -0.39 is 5.60 Å². The third kappa shape index (κ3) is 1.85. The van der Waals surface area contributed by atoms with E-state index in [1.54, 1.807) is 19.1 Å². The molecule has 4 heteroatoms. The first-order chi connectivity index (χ1) is 7.03. The maximum Gasteiger partial charge on any atom is 0.153 e. The van der Waals surface area contributed by atoms with E-state index in [0.29, 0.717) is 23.7 Å². The molecule has 0 unspecified atom stereocenters. The van der Waals surface area contributed by atoms with Crippen molar-refractivity contribution in [1.82, 2.24) is 0 Å². The fraction of sp³-hybridized carbons (Fsp3) is 0.364. The molecule has 1 aromatic rings. The largest absolute Gasteiger partial charge is 0.386 e. The number of benzene rings is 1. The van der Waals surface area contributed by atoms with Crippen molar-refractivity contribution in [2.45, 2.75) is 12.5 Å². The molecule has 1 saturated heterocycles. The standard InChI is InChI=1S/C11H12ClNO2/c1-11(15)6-13(7-11)10-4-2-3-9(12)8(10)5-14/h2-5,15H,6-7H2,1H3. The van der Waals surface area contributed by atoms with E-state index in [1.165, 1.54) is 0 Å². The van der Waals surface area contributed by atoms with E-state index in [9.17, 15) is 9.90 Å². The maximum atomic E-state index is 10.9. The van der Waals surface area contributed by atoms with Crippen molar-refractivity contribution in [3.8, 4) is 0 Å². The second-order valence-corrected chi connectivity index (χ2v) is 4.55. The molecule has 0 amide bonds. The molecule has 1 aromatic carbocycles. The Labute approximate surface area is 93.3 Å². The minimum atomic E-state index is -0.650. The number of halogens is 1. The Hall–Kier alpha value is -1.06. The zero-order chi connectivity index (χ0) is 11.1. The molecule has 1 aliphatic heterocycles. The average Bonchev–Trinajstić information content (AvgIpc) is 2.13. The number of hydrogen-bond acceptors (Lipinski definition) is 3. The molecule has 1 fully saturated rings. The quantitative estimate of drug-likeness (QED) is 0.780. The number of nitrogens with zero attached hydrogens (tertiary/aromatic N) is 1. The normalized spacial score (nSPS) is 18.5. The van der Waals surface area contributed by atoms with Crippen LogP contribution in [0.15, 0.2) is 18.2 Å². The summed E-state index contributed by atoms with van der Waals surface area (Å²) < 4.78 is 0. The van der Waals surface area contributed by atoms with Crippen LogP contribution in [0.4, 0.5) is 5.69 Å². The molecule has 0 aliphatic carbocycles. The number of β-amino-alcohol motifs (C(OH)–C–C–N with tert-alkyl or cyclic N) is 1. The summed E-state index contributed by atoms with van der Waals surface area (Å²) >= 11 is 5.91. The van der Waals surface area contributed by atoms with Gasteiger partial charge in [0.25, 0.3) is 0 Å². The van der Waals surface area contributed by atoms with Gasteiger partial charge in [-0.1, -0.05) is 17.7 Å². The van der Waals surface area contributed by atoms with Crippen molar-refractivity contribution in [2.24, 2.45) is 0 Å². The van der Waals surface area contributed by atoms with Crippen LogP contribution in [0.2, 0.25) is 5.02 Å². The molecular formula is C11H12ClNO2. The fourth-order valence-corrected chi connectivity index (χ4v) is 2.08. The van der Waals surface area contributed by atoms with E-state index in [4.69, 9.17) is 11.6 Å². The van der Waals surface area contributed by atoms with Crippen molar-refractivity contribution < 1.29 is 9.90 Å². The molecular weight excluding hydrogens is 214 g/mol. The van der Waals surface area contributed by atoms with Gasteiger partial charge in [0.1, 0.15) is 0 Å². The summed E-state index contributed by atoms with van der Waals surface area (Å²) in [6, 6.07) is 5.33. The van der Waals surface area contributed by atoms with E-state index in [0.717, 1.165) is 12.0 Å². The summed E-state index contributed by atoms with van der Waals surface area (Å²) in [7, 11) is 0. The maximum absolute atomic E-state index is 10.9. The van der Waals surface area contributed by atoms with Crippen LogP contribution < -0.4 is 4.90 Å². The van der Waals surface area contributed by atoms with Crippen LogP contribution in [0, 0.1) is 0 Å². The van der Waals surface area contributed by atoms with Crippen LogP contribution in [0.25, 0.3) is 0 Å². The van der Waals surface area contributed by atoms with Crippen LogP contribution in [0.3, 0.4) is 0 Å². The summed E-state index contributed by atoms with van der Waals surface area (Å²) in [6.45, 7) is 2.84. The first kappa shape index (κ1) is 10.5. The van der Waals surface area contributed by atoms with Crippen LogP contribution in [0.1, 0.15) is 17.3 Å². The summed E-state index contributed by atoms with van der Waals surface area (Å²) in [4.78, 5) is 12.8. The second-order valence-electron chi connectivity index (χ2n) is 4.14. The molecule has 2 rings (SSSR count). The summed E-state index contributed by atoms with van der Waals surface area (Å²) in [6.07, 6.45) is 0.755. The second kappa shape index (κ2) is 3.51. The highest BCUT2D eigenvalue weighted by Crippen LogP contribution is 2.32. The van der Waals surface area contributed by atoms with Gasteiger partial charge in [-0.2, -0.15) is 0 Å². The van der Waals surface area contributed by atoms with E-state index in [1.807, 2.05) is 11.0 Å². The molecule has 0 radical (unpaired) electrons. The summed E-state index contributed by atoms with van der Waals surface area (Å²) in [5.41, 5.74) is 0.640. The lowest BCUT2D eigenvalue weighted by Crippen LogP contribution is -2.60. The minimum Gasteiger partial charge on any atom is -0.386 e. The number of rotatable bonds is 2. The molecule has 0 bridgehead atoms. The molecule has 80 valence electrons. The Morgan fingerprint density at radius 3 is 2.73 bits per heavy atom. The van der Waals surface area contributed by atoms with Gasteiger partial charge in [-0.25, -0.2) is 0 Å². The first-order valence-electron chi connectivity index (χ1n) is 4.74. The van der Waals surface area contributed by atoms with E-state index in [2.05, 4.69) is 0 Å². The molecule has 15 heavy (non-hydrogen) atoms. The Morgan fingerprint density at radius 2 is 2.20 bits per heavy atom. The Kier molecular flexibility index (Phi) is 2.44. The fourth-order valence-electron chi connectivity index (χ4n) is 1.86. The van der Waals surface area contributed by atoms with Crippen molar-refractivity contribution in [1.29, 1.82) is 0 Å². The number of anilines is 1. The predicted octanol–water partition coefficient (Wildman–Crippen LogP) is 1.72. The number of aldehydes is 1. The van der Waals surface area contributed by atoms with Crippen molar-refractivity contribution in [2.75, 3.05) is 18.0 Å². The van der Waals surface area contributed by atoms with E-state index >= 15 is 0 Å². The van der Waals surface area contributed by atoms with Crippen LogP contribution in [-0.4, -0.2) is 30.1 Å². The Balaban J connectivity index is 2.30. The summed E-state index contributed by atoms with van der Waals surface area (Å²) in [5, 5.41) is 10.1. The van der Waals surface area contributed by atoms with Gasteiger partial charge in [-0.05, 0) is 19.1 Å². The predicted molar refractivity (Wildman–Crippen MR) is 59.7 cm³/mol. The molecule has 3 nitrogen and oxygen atoms in total. The van der Waals surface area contributed by atoms with Gasteiger partial charge < -0.3 is 10.0 Å². The lowest BCUT2D eigenvalue weighted by molar-refractivity contribution is 0.0309. The molecule has 1 aliphatic rings. The number of carbonyl (C=O) groups excluding carboxylic acids is 1.